The summed E-state index contributed by atoms with van der Waals surface area (Å²) < 4.78 is 0. The highest BCUT2D eigenvalue weighted by atomic mass is 16.2. The lowest BCUT2D eigenvalue weighted by atomic mass is 10.1. The molecule has 7 heteroatoms. The van der Waals surface area contributed by atoms with Crippen molar-refractivity contribution >= 4 is 23.6 Å². The molecule has 0 aliphatic carbocycles. The first-order valence-electron chi connectivity index (χ1n) is 9.33. The van der Waals surface area contributed by atoms with E-state index in [-0.39, 0.29) is 11.9 Å². The van der Waals surface area contributed by atoms with Crippen molar-refractivity contribution in [1.29, 1.82) is 0 Å². The molecular weight excluding hydrogens is 342 g/mol. The quantitative estimate of drug-likeness (QED) is 0.767. The fourth-order valence-electron chi connectivity index (χ4n) is 4.07. The molecule has 3 aliphatic heterocycles. The molecule has 1 aromatic carbocycles. The van der Waals surface area contributed by atoms with Crippen LogP contribution >= 0.6 is 0 Å². The van der Waals surface area contributed by atoms with Crippen LogP contribution in [0.15, 0.2) is 35.3 Å². The van der Waals surface area contributed by atoms with Gasteiger partial charge in [-0.25, -0.2) is 9.79 Å². The van der Waals surface area contributed by atoms with Gasteiger partial charge in [-0.15, -0.1) is 0 Å². The van der Waals surface area contributed by atoms with Crippen LogP contribution in [0.4, 0.5) is 10.5 Å². The lowest BCUT2D eigenvalue weighted by molar-refractivity contribution is -0.136. The molecule has 27 heavy (non-hydrogen) atoms. The number of amides is 3. The standard InChI is InChI=1S/C20H25N5O2/c1-5-6-10-25-18(26)16-17(22(4)20(25)27)21-19-23(11-12-24(16)19)15-9-7-8-13(2)14(15)3/h5-9,16-17H,10-12H2,1-4H3/b6-5+. The molecule has 2 fully saturated rings. The van der Waals surface area contributed by atoms with Crippen molar-refractivity contribution in [2.24, 2.45) is 4.99 Å². The fraction of sp³-hybridized carbons (Fsp3) is 0.450. The third-order valence-electron chi connectivity index (χ3n) is 5.77. The first kappa shape index (κ1) is 17.6. The third kappa shape index (κ3) is 2.52. The van der Waals surface area contributed by atoms with Crippen LogP contribution in [0.5, 0.6) is 0 Å². The average molecular weight is 367 g/mol. The van der Waals surface area contributed by atoms with Crippen molar-refractivity contribution in [2.75, 3.05) is 31.6 Å². The van der Waals surface area contributed by atoms with Crippen LogP contribution in [0.25, 0.3) is 0 Å². The Morgan fingerprint density at radius 1 is 1.22 bits per heavy atom. The summed E-state index contributed by atoms with van der Waals surface area (Å²) in [4.78, 5) is 37.7. The lowest BCUT2D eigenvalue weighted by Crippen LogP contribution is -2.64. The molecule has 0 radical (unpaired) electrons. The Morgan fingerprint density at radius 2 is 2.00 bits per heavy atom. The van der Waals surface area contributed by atoms with Gasteiger partial charge in [-0.05, 0) is 38.0 Å². The first-order valence-corrected chi connectivity index (χ1v) is 9.33. The smallest absolute Gasteiger partial charge is 0.325 e. The molecule has 3 amide bonds. The van der Waals surface area contributed by atoms with Crippen LogP contribution in [0.3, 0.4) is 0 Å². The molecule has 142 valence electrons. The van der Waals surface area contributed by atoms with Gasteiger partial charge in [-0.3, -0.25) is 9.69 Å². The maximum absolute atomic E-state index is 13.1. The molecular formula is C20H25N5O2. The second-order valence-electron chi connectivity index (χ2n) is 7.26. The maximum atomic E-state index is 13.1. The van der Waals surface area contributed by atoms with Crippen molar-refractivity contribution in [3.63, 3.8) is 0 Å². The van der Waals surface area contributed by atoms with Gasteiger partial charge in [-0.2, -0.15) is 0 Å². The minimum Gasteiger partial charge on any atom is -0.325 e. The Bertz CT molecular complexity index is 862. The number of aliphatic imine (C=N–C) groups is 1. The molecule has 0 spiro atoms. The summed E-state index contributed by atoms with van der Waals surface area (Å²) in [6.07, 6.45) is 3.21. The van der Waals surface area contributed by atoms with Gasteiger partial charge in [0.05, 0.1) is 0 Å². The number of hydrogen-bond acceptors (Lipinski definition) is 5. The number of carbonyl (C=O) groups is 2. The molecule has 3 aliphatic rings. The first-order chi connectivity index (χ1) is 13.0. The highest BCUT2D eigenvalue weighted by molar-refractivity contribution is 6.08. The van der Waals surface area contributed by atoms with Crippen molar-refractivity contribution in [2.45, 2.75) is 33.0 Å². The Hall–Kier alpha value is -2.83. The number of likely N-dealkylation sites (N-methyl/N-ethyl adjacent to an activating group) is 1. The van der Waals surface area contributed by atoms with Crippen LogP contribution in [0.2, 0.25) is 0 Å². The second kappa shape index (κ2) is 6.40. The highest BCUT2D eigenvalue weighted by Gasteiger charge is 2.54. The number of guanidine groups is 1. The van der Waals surface area contributed by atoms with Gasteiger partial charge in [0.25, 0.3) is 5.91 Å². The minimum atomic E-state index is -0.463. The number of hydrogen-bond donors (Lipinski definition) is 0. The summed E-state index contributed by atoms with van der Waals surface area (Å²) >= 11 is 0. The van der Waals surface area contributed by atoms with E-state index in [1.807, 2.05) is 25.1 Å². The number of fused-ring (bicyclic) bond motifs is 3. The summed E-state index contributed by atoms with van der Waals surface area (Å²) in [5.74, 6) is 0.627. The molecule has 0 aromatic heterocycles. The van der Waals surface area contributed by atoms with Crippen molar-refractivity contribution in [1.82, 2.24) is 14.7 Å². The molecule has 2 saturated heterocycles. The Labute approximate surface area is 159 Å². The molecule has 7 nitrogen and oxygen atoms in total. The molecule has 4 rings (SSSR count). The van der Waals surface area contributed by atoms with E-state index in [0.29, 0.717) is 6.54 Å². The van der Waals surface area contributed by atoms with Crippen LogP contribution in [-0.4, -0.2) is 71.5 Å². The van der Waals surface area contributed by atoms with E-state index < -0.39 is 12.2 Å². The van der Waals surface area contributed by atoms with Gasteiger partial charge in [0, 0.05) is 32.4 Å². The zero-order valence-corrected chi connectivity index (χ0v) is 16.2. The predicted molar refractivity (Wildman–Crippen MR) is 105 cm³/mol. The summed E-state index contributed by atoms with van der Waals surface area (Å²) in [7, 11) is 1.73. The molecule has 3 heterocycles. The van der Waals surface area contributed by atoms with Crippen LogP contribution in [-0.2, 0) is 4.79 Å². The van der Waals surface area contributed by atoms with Crippen LogP contribution in [0, 0.1) is 13.8 Å². The van der Waals surface area contributed by atoms with Gasteiger partial charge in [0.1, 0.15) is 0 Å². The normalized spacial score (nSPS) is 24.8. The Morgan fingerprint density at radius 3 is 2.74 bits per heavy atom. The zero-order valence-electron chi connectivity index (χ0n) is 16.2. The van der Waals surface area contributed by atoms with Crippen molar-refractivity contribution < 1.29 is 9.59 Å². The molecule has 2 unspecified atom stereocenters. The average Bonchev–Trinajstić information content (AvgIpc) is 3.21. The number of aryl methyl sites for hydroxylation is 1. The van der Waals surface area contributed by atoms with E-state index >= 15 is 0 Å². The summed E-state index contributed by atoms with van der Waals surface area (Å²) in [5.41, 5.74) is 3.55. The summed E-state index contributed by atoms with van der Waals surface area (Å²) in [5, 5.41) is 0. The van der Waals surface area contributed by atoms with Crippen molar-refractivity contribution in [3.8, 4) is 0 Å². The van der Waals surface area contributed by atoms with E-state index in [2.05, 4.69) is 35.8 Å². The maximum Gasteiger partial charge on any atom is 0.328 e. The highest BCUT2D eigenvalue weighted by Crippen LogP contribution is 2.34. The molecule has 0 N–H and O–H groups in total. The Balaban J connectivity index is 1.68. The van der Waals surface area contributed by atoms with E-state index in [9.17, 15) is 9.59 Å². The molecule has 1 aromatic rings. The summed E-state index contributed by atoms with van der Waals surface area (Å²) in [6, 6.07) is 5.50. The Kier molecular flexibility index (Phi) is 4.17. The van der Waals surface area contributed by atoms with Crippen molar-refractivity contribution in [3.05, 3.63) is 41.5 Å². The number of nitrogens with zero attached hydrogens (tertiary/aromatic N) is 5. The minimum absolute atomic E-state index is 0.164. The van der Waals surface area contributed by atoms with E-state index in [1.165, 1.54) is 16.0 Å². The summed E-state index contributed by atoms with van der Waals surface area (Å²) in [6.45, 7) is 7.88. The van der Waals surface area contributed by atoms with E-state index in [1.54, 1.807) is 11.9 Å². The fourth-order valence-corrected chi connectivity index (χ4v) is 4.07. The number of anilines is 1. The zero-order chi connectivity index (χ0) is 19.3. The number of benzene rings is 1. The number of carbonyl (C=O) groups excluding carboxylic acids is 2. The topological polar surface area (TPSA) is 59.5 Å². The molecule has 2 atom stereocenters. The van der Waals surface area contributed by atoms with Crippen LogP contribution < -0.4 is 4.90 Å². The van der Waals surface area contributed by atoms with Gasteiger partial charge in [0.2, 0.25) is 5.96 Å². The number of rotatable bonds is 3. The largest absolute Gasteiger partial charge is 0.328 e. The molecule has 0 bridgehead atoms. The second-order valence-corrected chi connectivity index (χ2v) is 7.26. The monoisotopic (exact) mass is 367 g/mol. The van der Waals surface area contributed by atoms with E-state index in [4.69, 9.17) is 4.99 Å². The van der Waals surface area contributed by atoms with Crippen LogP contribution in [0.1, 0.15) is 18.1 Å². The van der Waals surface area contributed by atoms with E-state index in [0.717, 1.165) is 24.7 Å². The predicted octanol–water partition coefficient (Wildman–Crippen LogP) is 1.96. The van der Waals surface area contributed by atoms with Gasteiger partial charge >= 0.3 is 6.03 Å². The van der Waals surface area contributed by atoms with Gasteiger partial charge in [0.15, 0.2) is 12.2 Å². The SMILES string of the molecule is C/C=C/CN1C(=O)C2C(N=C3N(c4cccc(C)c4C)CCN32)N(C)C1=O. The van der Waals surface area contributed by atoms with Gasteiger partial charge in [-0.1, -0.05) is 24.3 Å². The number of urea groups is 1. The lowest BCUT2D eigenvalue weighted by Gasteiger charge is -2.40. The number of allylic oxidation sites excluding steroid dienone is 1. The third-order valence-corrected chi connectivity index (χ3v) is 5.77. The molecule has 0 saturated carbocycles. The van der Waals surface area contributed by atoms with Gasteiger partial charge < -0.3 is 14.7 Å². The number of imide groups is 1.